The predicted octanol–water partition coefficient (Wildman–Crippen LogP) is 4.91. The largest absolute Gasteiger partial charge is 0.496 e. The molecule has 0 bridgehead atoms. The first-order valence-corrected chi connectivity index (χ1v) is 10.1. The summed E-state index contributed by atoms with van der Waals surface area (Å²) in [5.41, 5.74) is 2.90. The lowest BCUT2D eigenvalue weighted by Gasteiger charge is -2.23. The first kappa shape index (κ1) is 20.6. The summed E-state index contributed by atoms with van der Waals surface area (Å²) in [6, 6.07) is 7.64. The Morgan fingerprint density at radius 1 is 1.21 bits per heavy atom. The summed E-state index contributed by atoms with van der Waals surface area (Å²) in [6.45, 7) is 6.21. The summed E-state index contributed by atoms with van der Waals surface area (Å²) in [4.78, 5) is 14.5. The number of aliphatic hydroxyl groups excluding tert-OH is 1. The van der Waals surface area contributed by atoms with Crippen molar-refractivity contribution in [3.05, 3.63) is 46.5 Å². The van der Waals surface area contributed by atoms with Crippen molar-refractivity contribution in [1.29, 1.82) is 0 Å². The molecule has 1 unspecified atom stereocenters. The molecule has 0 fully saturated rings. The van der Waals surface area contributed by atoms with E-state index < -0.39 is 12.1 Å². The van der Waals surface area contributed by atoms with Crippen LogP contribution in [0.3, 0.4) is 0 Å². The maximum Gasteiger partial charge on any atom is 0.343 e. The summed E-state index contributed by atoms with van der Waals surface area (Å²) < 4.78 is 16.7. The molecule has 28 heavy (non-hydrogen) atoms. The normalized spacial score (nSPS) is 14.5. The highest BCUT2D eigenvalue weighted by Crippen LogP contribution is 2.46. The molecule has 0 aromatic heterocycles. The molecule has 3 rings (SSSR count). The van der Waals surface area contributed by atoms with Gasteiger partial charge in [0.05, 0.1) is 25.2 Å². The van der Waals surface area contributed by atoms with Crippen molar-refractivity contribution in [2.75, 3.05) is 14.2 Å². The molecular formula is C22H26O5S. The number of benzene rings is 2. The summed E-state index contributed by atoms with van der Waals surface area (Å²) in [5, 5.41) is 10.6. The van der Waals surface area contributed by atoms with Gasteiger partial charge in [0.2, 0.25) is 0 Å². The fourth-order valence-corrected chi connectivity index (χ4v) is 4.55. The number of hydrogen-bond acceptors (Lipinski definition) is 6. The molecule has 150 valence electrons. The van der Waals surface area contributed by atoms with Gasteiger partial charge in [0.1, 0.15) is 23.7 Å². The van der Waals surface area contributed by atoms with E-state index in [1.807, 2.05) is 45.0 Å². The molecule has 0 amide bonds. The van der Waals surface area contributed by atoms with E-state index in [4.69, 9.17) is 14.2 Å². The number of hydrogen-bond donors (Lipinski definition) is 1. The number of carbonyl (C=O) groups excluding carboxylic acids is 1. The summed E-state index contributed by atoms with van der Waals surface area (Å²) in [6.07, 6.45) is -0.138. The van der Waals surface area contributed by atoms with Crippen molar-refractivity contribution in [2.24, 2.45) is 5.92 Å². The smallest absolute Gasteiger partial charge is 0.343 e. The molecule has 0 aliphatic carbocycles. The summed E-state index contributed by atoms with van der Waals surface area (Å²) >= 11 is 1.46. The summed E-state index contributed by atoms with van der Waals surface area (Å²) in [7, 11) is 3.14. The second-order valence-electron chi connectivity index (χ2n) is 7.34. The quantitative estimate of drug-likeness (QED) is 0.717. The van der Waals surface area contributed by atoms with Crippen LogP contribution >= 0.6 is 11.8 Å². The van der Waals surface area contributed by atoms with Gasteiger partial charge in [-0.3, -0.25) is 0 Å². The monoisotopic (exact) mass is 402 g/mol. The van der Waals surface area contributed by atoms with Crippen LogP contribution in [0.5, 0.6) is 11.5 Å². The zero-order chi connectivity index (χ0) is 20.4. The van der Waals surface area contributed by atoms with Crippen LogP contribution in [0.25, 0.3) is 0 Å². The van der Waals surface area contributed by atoms with Crippen LogP contribution in [-0.4, -0.2) is 25.3 Å². The molecule has 1 aliphatic heterocycles. The first-order chi connectivity index (χ1) is 13.3. The van der Waals surface area contributed by atoms with Gasteiger partial charge in [0, 0.05) is 16.0 Å². The minimum absolute atomic E-state index is 0.153. The molecule has 2 aromatic rings. The molecule has 1 N–H and O–H groups in total. The standard InChI is InChI=1S/C22H26O5S/c1-12(2)8-16(23)15-6-7-18-19(20(15)26-5)22(24)27-11-14-9-13(3)10-17(25-4)21(14)28-18/h6-7,9-10,12,16,23H,8,11H2,1-5H3. The highest BCUT2D eigenvalue weighted by molar-refractivity contribution is 7.99. The van der Waals surface area contributed by atoms with Crippen LogP contribution in [0.15, 0.2) is 34.1 Å². The number of methoxy groups -OCH3 is 2. The third-order valence-electron chi connectivity index (χ3n) is 4.68. The van der Waals surface area contributed by atoms with Crippen LogP contribution in [-0.2, 0) is 11.3 Å². The van der Waals surface area contributed by atoms with Gasteiger partial charge in [-0.05, 0) is 37.0 Å². The molecule has 1 atom stereocenters. The number of cyclic esters (lactones) is 1. The number of aliphatic hydroxyl groups is 1. The van der Waals surface area contributed by atoms with Gasteiger partial charge in [-0.15, -0.1) is 0 Å². The van der Waals surface area contributed by atoms with E-state index in [1.165, 1.54) is 18.9 Å². The van der Waals surface area contributed by atoms with E-state index in [0.717, 1.165) is 21.8 Å². The van der Waals surface area contributed by atoms with Gasteiger partial charge in [0.25, 0.3) is 0 Å². The van der Waals surface area contributed by atoms with E-state index in [9.17, 15) is 9.90 Å². The molecule has 0 saturated carbocycles. The molecule has 1 heterocycles. The molecule has 1 aliphatic rings. The maximum atomic E-state index is 12.9. The molecule has 5 nitrogen and oxygen atoms in total. The zero-order valence-electron chi connectivity index (χ0n) is 16.9. The Balaban J connectivity index is 2.14. The third-order valence-corrected chi connectivity index (χ3v) is 5.91. The van der Waals surface area contributed by atoms with Crippen molar-refractivity contribution in [2.45, 2.75) is 49.7 Å². The van der Waals surface area contributed by atoms with Crippen LogP contribution in [0.2, 0.25) is 0 Å². The van der Waals surface area contributed by atoms with E-state index in [2.05, 4.69) is 0 Å². The number of ether oxygens (including phenoxy) is 3. The Labute approximate surface area is 170 Å². The molecule has 0 spiro atoms. The second-order valence-corrected chi connectivity index (χ2v) is 8.39. The van der Waals surface area contributed by atoms with E-state index in [0.29, 0.717) is 34.1 Å². The topological polar surface area (TPSA) is 65.0 Å². The zero-order valence-corrected chi connectivity index (χ0v) is 17.7. The molecule has 2 aromatic carbocycles. The van der Waals surface area contributed by atoms with Crippen molar-refractivity contribution in [3.63, 3.8) is 0 Å². The highest BCUT2D eigenvalue weighted by Gasteiger charge is 2.29. The van der Waals surface area contributed by atoms with Gasteiger partial charge in [-0.25, -0.2) is 4.79 Å². The Morgan fingerprint density at radius 3 is 2.61 bits per heavy atom. The predicted molar refractivity (Wildman–Crippen MR) is 108 cm³/mol. The SMILES string of the molecule is COc1cc(C)cc2c1Sc1ccc(C(O)CC(C)C)c(OC)c1C(=O)OC2. The highest BCUT2D eigenvalue weighted by atomic mass is 32.2. The van der Waals surface area contributed by atoms with Gasteiger partial charge >= 0.3 is 5.97 Å². The number of rotatable bonds is 5. The van der Waals surface area contributed by atoms with Crippen molar-refractivity contribution < 1.29 is 24.1 Å². The van der Waals surface area contributed by atoms with Gasteiger partial charge < -0.3 is 19.3 Å². The molecule has 6 heteroatoms. The lowest BCUT2D eigenvalue weighted by atomic mass is 9.97. The van der Waals surface area contributed by atoms with Crippen LogP contribution in [0.1, 0.15) is 53.4 Å². The van der Waals surface area contributed by atoms with E-state index >= 15 is 0 Å². The Morgan fingerprint density at radius 2 is 1.96 bits per heavy atom. The Kier molecular flexibility index (Phi) is 6.20. The van der Waals surface area contributed by atoms with Gasteiger partial charge in [0.15, 0.2) is 0 Å². The summed E-state index contributed by atoms with van der Waals surface area (Å²) in [5.74, 6) is 0.968. The van der Waals surface area contributed by atoms with Crippen LogP contribution < -0.4 is 9.47 Å². The van der Waals surface area contributed by atoms with Gasteiger partial charge in [-0.2, -0.15) is 0 Å². The second kappa shape index (κ2) is 8.45. The lowest BCUT2D eigenvalue weighted by molar-refractivity contribution is 0.0458. The van der Waals surface area contributed by atoms with E-state index in [1.54, 1.807) is 7.11 Å². The Hall–Kier alpha value is -2.18. The van der Waals surface area contributed by atoms with Gasteiger partial charge in [-0.1, -0.05) is 37.7 Å². The van der Waals surface area contributed by atoms with Crippen LogP contribution in [0, 0.1) is 12.8 Å². The minimum atomic E-state index is -0.715. The lowest BCUT2D eigenvalue weighted by Crippen LogP contribution is -2.14. The van der Waals surface area contributed by atoms with Crippen molar-refractivity contribution in [3.8, 4) is 11.5 Å². The Bertz CT molecular complexity index is 891. The molecular weight excluding hydrogens is 376 g/mol. The fraction of sp³-hybridized carbons (Fsp3) is 0.409. The third kappa shape index (κ3) is 3.98. The number of esters is 1. The fourth-order valence-electron chi connectivity index (χ4n) is 3.43. The van der Waals surface area contributed by atoms with Crippen LogP contribution in [0.4, 0.5) is 0 Å². The van der Waals surface area contributed by atoms with Crippen molar-refractivity contribution >= 4 is 17.7 Å². The van der Waals surface area contributed by atoms with E-state index in [-0.39, 0.29) is 6.61 Å². The minimum Gasteiger partial charge on any atom is -0.496 e. The number of fused-ring (bicyclic) bond motifs is 2. The average molecular weight is 403 g/mol. The molecule has 0 saturated heterocycles. The average Bonchev–Trinajstić information content (AvgIpc) is 2.64. The van der Waals surface area contributed by atoms with Crippen molar-refractivity contribution in [1.82, 2.24) is 0 Å². The number of carbonyl (C=O) groups is 1. The number of aryl methyl sites for hydroxylation is 1. The molecule has 0 radical (unpaired) electrons. The maximum absolute atomic E-state index is 12.9. The first-order valence-electron chi connectivity index (χ1n) is 9.27.